The largest absolute Gasteiger partial charge is 0.332 e. The summed E-state index contributed by atoms with van der Waals surface area (Å²) in [7, 11) is -3.22. The summed E-state index contributed by atoms with van der Waals surface area (Å²) in [4.78, 5) is 17.4. The average Bonchev–Trinajstić information content (AvgIpc) is 3.36. The molecule has 0 unspecified atom stereocenters. The lowest BCUT2D eigenvalue weighted by molar-refractivity contribution is -0.131. The average molecular weight is 420 g/mol. The predicted octanol–water partition coefficient (Wildman–Crippen LogP) is 4.37. The van der Waals surface area contributed by atoms with Gasteiger partial charge in [0, 0.05) is 9.75 Å². The summed E-state index contributed by atoms with van der Waals surface area (Å²) in [5, 5.41) is 4.02. The van der Waals surface area contributed by atoms with Crippen molar-refractivity contribution in [2.24, 2.45) is 0 Å². The third-order valence-electron chi connectivity index (χ3n) is 4.22. The number of benzene rings is 1. The highest BCUT2D eigenvalue weighted by Gasteiger charge is 2.17. The summed E-state index contributed by atoms with van der Waals surface area (Å²) in [6.07, 6.45) is 0.253. The first kappa shape index (κ1) is 19.8. The van der Waals surface area contributed by atoms with Crippen molar-refractivity contribution in [3.63, 3.8) is 0 Å². The zero-order chi connectivity index (χ0) is 19.3. The Kier molecular flexibility index (Phi) is 6.46. The molecule has 1 aromatic carbocycles. The standard InChI is InChI=1S/C20H21NO3S3/c1-2-27(23,24)19-9-7-16(8-10-19)13-20(22)21(14-17-5-3-11-25-17)15-18-6-4-12-26-18/h3-12H,2,13-15H2,1H3. The van der Waals surface area contributed by atoms with Gasteiger partial charge in [0.15, 0.2) is 9.84 Å². The van der Waals surface area contributed by atoms with Crippen LogP contribution in [-0.2, 0) is 34.1 Å². The van der Waals surface area contributed by atoms with Crippen LogP contribution in [0.3, 0.4) is 0 Å². The van der Waals surface area contributed by atoms with Crippen LogP contribution in [0.15, 0.2) is 64.2 Å². The van der Waals surface area contributed by atoms with Crippen LogP contribution in [0.4, 0.5) is 0 Å². The van der Waals surface area contributed by atoms with E-state index in [9.17, 15) is 13.2 Å². The van der Waals surface area contributed by atoms with Gasteiger partial charge >= 0.3 is 0 Å². The van der Waals surface area contributed by atoms with Crippen molar-refractivity contribution < 1.29 is 13.2 Å². The Hall–Kier alpha value is -1.96. The second-order valence-electron chi connectivity index (χ2n) is 6.13. The quantitative estimate of drug-likeness (QED) is 0.545. The molecule has 0 atom stereocenters. The van der Waals surface area contributed by atoms with Gasteiger partial charge in [0.25, 0.3) is 0 Å². The molecule has 0 fully saturated rings. The van der Waals surface area contributed by atoms with Crippen molar-refractivity contribution in [3.05, 3.63) is 74.6 Å². The van der Waals surface area contributed by atoms with Crippen molar-refractivity contribution in [2.75, 3.05) is 5.75 Å². The van der Waals surface area contributed by atoms with Gasteiger partial charge in [-0.3, -0.25) is 4.79 Å². The van der Waals surface area contributed by atoms with Crippen molar-refractivity contribution >= 4 is 38.4 Å². The molecule has 4 nitrogen and oxygen atoms in total. The first-order valence-electron chi connectivity index (χ1n) is 8.62. The van der Waals surface area contributed by atoms with E-state index in [1.807, 2.05) is 39.9 Å². The molecular weight excluding hydrogens is 398 g/mol. The molecule has 3 rings (SSSR count). The highest BCUT2D eigenvalue weighted by atomic mass is 32.2. The maximum absolute atomic E-state index is 12.9. The van der Waals surface area contributed by atoms with Crippen molar-refractivity contribution in [2.45, 2.75) is 31.3 Å². The van der Waals surface area contributed by atoms with Crippen molar-refractivity contribution in [3.8, 4) is 0 Å². The molecule has 27 heavy (non-hydrogen) atoms. The second-order valence-corrected chi connectivity index (χ2v) is 10.5. The van der Waals surface area contributed by atoms with Gasteiger partial charge in [0.2, 0.25) is 5.91 Å². The van der Waals surface area contributed by atoms with Crippen molar-refractivity contribution in [1.82, 2.24) is 4.90 Å². The van der Waals surface area contributed by atoms with Crippen LogP contribution in [0, 0.1) is 0 Å². The van der Waals surface area contributed by atoms with E-state index in [-0.39, 0.29) is 18.1 Å². The Balaban J connectivity index is 1.73. The summed E-state index contributed by atoms with van der Waals surface area (Å²) < 4.78 is 23.9. The predicted molar refractivity (Wildman–Crippen MR) is 111 cm³/mol. The van der Waals surface area contributed by atoms with E-state index in [4.69, 9.17) is 0 Å². The zero-order valence-electron chi connectivity index (χ0n) is 15.0. The zero-order valence-corrected chi connectivity index (χ0v) is 17.4. The van der Waals surface area contributed by atoms with Gasteiger partial charge in [0.05, 0.1) is 30.2 Å². The number of thiophene rings is 2. The van der Waals surface area contributed by atoms with Crippen LogP contribution < -0.4 is 0 Å². The minimum atomic E-state index is -3.22. The maximum Gasteiger partial charge on any atom is 0.227 e. The van der Waals surface area contributed by atoms with E-state index in [1.54, 1.807) is 53.9 Å². The molecule has 0 spiro atoms. The number of rotatable bonds is 8. The second kappa shape index (κ2) is 8.82. The Morgan fingerprint density at radius 3 is 1.93 bits per heavy atom. The SMILES string of the molecule is CCS(=O)(=O)c1ccc(CC(=O)N(Cc2cccs2)Cc2cccs2)cc1. The molecular formula is C20H21NO3S3. The van der Waals surface area contributed by atoms with Gasteiger partial charge in [-0.1, -0.05) is 31.2 Å². The highest BCUT2D eigenvalue weighted by Crippen LogP contribution is 2.19. The molecule has 0 bridgehead atoms. The van der Waals surface area contributed by atoms with E-state index in [1.165, 1.54) is 0 Å². The molecule has 0 aliphatic carbocycles. The Bertz CT molecular complexity index is 924. The molecule has 1 amide bonds. The van der Waals surface area contributed by atoms with Crippen LogP contribution >= 0.6 is 22.7 Å². The third-order valence-corrected chi connectivity index (χ3v) is 7.70. The molecule has 0 saturated carbocycles. The molecule has 0 aliphatic heterocycles. The number of hydrogen-bond donors (Lipinski definition) is 0. The minimum absolute atomic E-state index is 0.0305. The lowest BCUT2D eigenvalue weighted by Gasteiger charge is -2.22. The molecule has 2 aromatic heterocycles. The minimum Gasteiger partial charge on any atom is -0.332 e. The van der Waals surface area contributed by atoms with Crippen LogP contribution in [0.25, 0.3) is 0 Å². The summed E-state index contributed by atoms with van der Waals surface area (Å²) in [6, 6.07) is 14.7. The van der Waals surface area contributed by atoms with Gasteiger partial charge in [0.1, 0.15) is 0 Å². The molecule has 0 aliphatic rings. The van der Waals surface area contributed by atoms with Gasteiger partial charge in [-0.15, -0.1) is 22.7 Å². The van der Waals surface area contributed by atoms with Gasteiger partial charge < -0.3 is 4.90 Å². The Morgan fingerprint density at radius 1 is 0.926 bits per heavy atom. The molecule has 7 heteroatoms. The fourth-order valence-electron chi connectivity index (χ4n) is 2.68. The van der Waals surface area contributed by atoms with E-state index in [0.29, 0.717) is 18.0 Å². The summed E-state index contributed by atoms with van der Waals surface area (Å²) in [5.74, 6) is 0.101. The smallest absolute Gasteiger partial charge is 0.227 e. The fraction of sp³-hybridized carbons (Fsp3) is 0.250. The van der Waals surface area contributed by atoms with Crippen LogP contribution in [0.2, 0.25) is 0 Å². The van der Waals surface area contributed by atoms with E-state index in [2.05, 4.69) is 0 Å². The first-order valence-corrected chi connectivity index (χ1v) is 12.0. The Labute approximate surface area is 168 Å². The number of sulfone groups is 1. The first-order chi connectivity index (χ1) is 13.0. The summed E-state index contributed by atoms with van der Waals surface area (Å²) in [5.41, 5.74) is 0.817. The number of amides is 1. The molecule has 0 radical (unpaired) electrons. The summed E-state index contributed by atoms with van der Waals surface area (Å²) in [6.45, 7) is 2.78. The van der Waals surface area contributed by atoms with E-state index < -0.39 is 9.84 Å². The molecule has 3 aromatic rings. The molecule has 2 heterocycles. The number of carbonyl (C=O) groups is 1. The van der Waals surface area contributed by atoms with E-state index >= 15 is 0 Å². The van der Waals surface area contributed by atoms with Gasteiger partial charge in [-0.2, -0.15) is 0 Å². The van der Waals surface area contributed by atoms with Crippen LogP contribution in [0.1, 0.15) is 22.2 Å². The summed E-state index contributed by atoms with van der Waals surface area (Å²) >= 11 is 3.28. The van der Waals surface area contributed by atoms with E-state index in [0.717, 1.165) is 15.3 Å². The lowest BCUT2D eigenvalue weighted by Crippen LogP contribution is -2.30. The molecule has 142 valence electrons. The fourth-order valence-corrected chi connectivity index (χ4v) is 5.00. The van der Waals surface area contributed by atoms with Crippen molar-refractivity contribution in [1.29, 1.82) is 0 Å². The monoisotopic (exact) mass is 419 g/mol. The number of nitrogens with zero attached hydrogens (tertiary/aromatic N) is 1. The molecule has 0 saturated heterocycles. The maximum atomic E-state index is 12.9. The topological polar surface area (TPSA) is 54.5 Å². The normalized spacial score (nSPS) is 11.4. The third kappa shape index (κ3) is 5.28. The highest BCUT2D eigenvalue weighted by molar-refractivity contribution is 7.91. The number of carbonyl (C=O) groups excluding carboxylic acids is 1. The number of hydrogen-bond acceptors (Lipinski definition) is 5. The van der Waals surface area contributed by atoms with Crippen LogP contribution in [0.5, 0.6) is 0 Å². The molecule has 0 N–H and O–H groups in total. The van der Waals surface area contributed by atoms with Gasteiger partial charge in [-0.25, -0.2) is 8.42 Å². The van der Waals surface area contributed by atoms with Gasteiger partial charge in [-0.05, 0) is 40.6 Å². The lowest BCUT2D eigenvalue weighted by atomic mass is 10.1. The Morgan fingerprint density at radius 2 is 1.48 bits per heavy atom. The van der Waals surface area contributed by atoms with Crippen LogP contribution in [-0.4, -0.2) is 25.0 Å².